The van der Waals surface area contributed by atoms with Crippen molar-refractivity contribution in [3.8, 4) is 0 Å². The van der Waals surface area contributed by atoms with Crippen molar-refractivity contribution >= 4 is 31.4 Å². The summed E-state index contributed by atoms with van der Waals surface area (Å²) in [7, 11) is 2.46. The summed E-state index contributed by atoms with van der Waals surface area (Å²) in [6.07, 6.45) is 0.227. The van der Waals surface area contributed by atoms with Crippen LogP contribution in [0.2, 0.25) is 4.82 Å². The summed E-state index contributed by atoms with van der Waals surface area (Å²) in [5.41, 5.74) is 0. The number of carbonyl (C=O) groups is 2. The first-order chi connectivity index (χ1) is 9.62. The van der Waals surface area contributed by atoms with Gasteiger partial charge in [0.25, 0.3) is 0 Å². The van der Waals surface area contributed by atoms with Gasteiger partial charge in [-0.25, -0.2) is 0 Å². The van der Waals surface area contributed by atoms with Crippen molar-refractivity contribution in [1.82, 2.24) is 0 Å². The van der Waals surface area contributed by atoms with E-state index in [2.05, 4.69) is 9.47 Å². The molecule has 0 fully saturated rings. The van der Waals surface area contributed by atoms with Gasteiger partial charge in [0.1, 0.15) is 0 Å². The van der Waals surface area contributed by atoms with Gasteiger partial charge in [0, 0.05) is 0 Å². The topological polar surface area (TPSA) is 72.8 Å². The Hall–Kier alpha value is -1.36. The summed E-state index contributed by atoms with van der Waals surface area (Å²) in [5, 5.41) is 9.46. The molecule has 110 valence electrons. The molecule has 0 bridgehead atoms. The maximum atomic E-state index is 11.6. The summed E-state index contributed by atoms with van der Waals surface area (Å²) in [6, 6.07) is 9.69. The van der Waals surface area contributed by atoms with Crippen LogP contribution < -0.4 is 4.46 Å². The quantitative estimate of drug-likeness (QED) is 0.433. The minimum absolute atomic E-state index is 0.0314. The average Bonchev–Trinajstić information content (AvgIpc) is 2.50. The molecule has 6 heteroatoms. The van der Waals surface area contributed by atoms with Gasteiger partial charge in [-0.2, -0.15) is 0 Å². The first kappa shape index (κ1) is 16.7. The molecule has 0 aromatic heterocycles. The Bertz CT molecular complexity index is 418. The van der Waals surface area contributed by atoms with Crippen LogP contribution in [0.4, 0.5) is 0 Å². The van der Waals surface area contributed by atoms with Crippen LogP contribution in [0.1, 0.15) is 6.42 Å². The Morgan fingerprint density at radius 2 is 1.70 bits per heavy atom. The normalized spacial score (nSPS) is 12.0. The monoisotopic (exact) mass is 346 g/mol. The number of hydrogen-bond acceptors (Lipinski definition) is 5. The van der Waals surface area contributed by atoms with Gasteiger partial charge in [0.15, 0.2) is 0 Å². The second kappa shape index (κ2) is 8.74. The van der Waals surface area contributed by atoms with Crippen molar-refractivity contribution in [1.29, 1.82) is 0 Å². The van der Waals surface area contributed by atoms with E-state index in [4.69, 9.17) is 0 Å². The zero-order valence-electron chi connectivity index (χ0n) is 11.4. The summed E-state index contributed by atoms with van der Waals surface area (Å²) < 4.78 is 10.3. The van der Waals surface area contributed by atoms with E-state index in [0.717, 1.165) is 4.46 Å². The van der Waals surface area contributed by atoms with Crippen LogP contribution in [-0.4, -0.2) is 52.8 Å². The number of methoxy groups -OCH3 is 2. The minimum atomic E-state index is -0.979. The number of benzene rings is 1. The second-order valence-corrected chi connectivity index (χ2v) is 6.95. The molecule has 0 heterocycles. The summed E-state index contributed by atoms with van der Waals surface area (Å²) in [4.78, 5) is 23.1. The molecular formula is C14H18O5Se. The molecular weight excluding hydrogens is 327 g/mol. The van der Waals surface area contributed by atoms with Gasteiger partial charge in [-0.1, -0.05) is 0 Å². The Morgan fingerprint density at radius 3 is 2.15 bits per heavy atom. The molecule has 0 aliphatic heterocycles. The standard InChI is InChI=1S/C14H18O5Se/c1-18-13(16)12(14(17)19-2)8-11(9-15)20-10-6-4-3-5-7-10/h3-7,11-12,15H,8-9H2,1-2H3. The van der Waals surface area contributed by atoms with Crippen LogP contribution in [0, 0.1) is 5.92 Å². The van der Waals surface area contributed by atoms with E-state index < -0.39 is 17.9 Å². The average molecular weight is 345 g/mol. The molecule has 0 saturated heterocycles. The first-order valence-electron chi connectivity index (χ1n) is 6.10. The van der Waals surface area contributed by atoms with Crippen molar-refractivity contribution in [3.63, 3.8) is 0 Å². The van der Waals surface area contributed by atoms with E-state index >= 15 is 0 Å². The zero-order valence-corrected chi connectivity index (χ0v) is 13.2. The van der Waals surface area contributed by atoms with Gasteiger partial charge in [-0.05, 0) is 0 Å². The van der Waals surface area contributed by atoms with E-state index in [1.54, 1.807) is 0 Å². The fourth-order valence-electron chi connectivity index (χ4n) is 1.69. The number of esters is 2. The van der Waals surface area contributed by atoms with E-state index in [1.165, 1.54) is 14.2 Å². The van der Waals surface area contributed by atoms with E-state index in [0.29, 0.717) is 0 Å². The van der Waals surface area contributed by atoms with Crippen molar-refractivity contribution in [2.75, 3.05) is 20.8 Å². The molecule has 1 aromatic carbocycles. The molecule has 0 spiro atoms. The van der Waals surface area contributed by atoms with E-state index in [1.807, 2.05) is 30.3 Å². The first-order valence-corrected chi connectivity index (χ1v) is 7.95. The molecule has 1 aromatic rings. The van der Waals surface area contributed by atoms with Crippen molar-refractivity contribution in [2.45, 2.75) is 11.2 Å². The second-order valence-electron chi connectivity index (χ2n) is 4.07. The molecule has 5 nitrogen and oxygen atoms in total. The maximum absolute atomic E-state index is 11.6. The Labute approximate surface area is 124 Å². The third kappa shape index (κ3) is 4.96. The molecule has 0 aliphatic rings. The number of carbonyl (C=O) groups excluding carboxylic acids is 2. The number of rotatable bonds is 7. The van der Waals surface area contributed by atoms with Gasteiger partial charge in [0.05, 0.1) is 0 Å². The fraction of sp³-hybridized carbons (Fsp3) is 0.429. The van der Waals surface area contributed by atoms with Crippen molar-refractivity contribution in [3.05, 3.63) is 30.3 Å². The third-order valence-corrected chi connectivity index (χ3v) is 5.28. The van der Waals surface area contributed by atoms with Crippen LogP contribution in [-0.2, 0) is 19.1 Å². The Kier molecular flexibility index (Phi) is 7.29. The molecule has 1 unspecified atom stereocenters. The molecule has 1 rings (SSSR count). The van der Waals surface area contributed by atoms with Crippen molar-refractivity contribution < 1.29 is 24.2 Å². The van der Waals surface area contributed by atoms with Gasteiger partial charge in [0.2, 0.25) is 0 Å². The Morgan fingerprint density at radius 1 is 1.15 bits per heavy atom. The molecule has 0 saturated carbocycles. The fourth-order valence-corrected chi connectivity index (χ4v) is 3.92. The molecule has 0 aliphatic carbocycles. The van der Waals surface area contributed by atoms with Gasteiger partial charge in [-0.15, -0.1) is 0 Å². The molecule has 0 amide bonds. The number of aliphatic hydroxyl groups excluding tert-OH is 1. The van der Waals surface area contributed by atoms with Gasteiger partial charge < -0.3 is 0 Å². The van der Waals surface area contributed by atoms with Gasteiger partial charge in [-0.3, -0.25) is 0 Å². The third-order valence-electron chi connectivity index (χ3n) is 2.72. The van der Waals surface area contributed by atoms with Crippen molar-refractivity contribution in [2.24, 2.45) is 5.92 Å². The summed E-state index contributed by atoms with van der Waals surface area (Å²) in [5.74, 6) is -2.23. The van der Waals surface area contributed by atoms with Crippen LogP contribution in [0.5, 0.6) is 0 Å². The molecule has 1 N–H and O–H groups in total. The zero-order chi connectivity index (χ0) is 15.0. The molecule has 20 heavy (non-hydrogen) atoms. The van der Waals surface area contributed by atoms with Crippen LogP contribution in [0.15, 0.2) is 30.3 Å². The number of hydrogen-bond donors (Lipinski definition) is 1. The predicted molar refractivity (Wildman–Crippen MR) is 74.8 cm³/mol. The summed E-state index contributed by atoms with van der Waals surface area (Å²) >= 11 is -0.0314. The molecule has 1 atom stereocenters. The van der Waals surface area contributed by atoms with Gasteiger partial charge >= 0.3 is 124 Å². The Balaban J connectivity index is 2.73. The molecule has 0 radical (unpaired) electrons. The van der Waals surface area contributed by atoms with E-state index in [9.17, 15) is 14.7 Å². The van der Waals surface area contributed by atoms with Crippen LogP contribution in [0.3, 0.4) is 0 Å². The van der Waals surface area contributed by atoms with Crippen LogP contribution >= 0.6 is 0 Å². The number of ether oxygens (including phenoxy) is 2. The number of aliphatic hydroxyl groups is 1. The summed E-state index contributed by atoms with van der Waals surface area (Å²) in [6.45, 7) is -0.0839. The van der Waals surface area contributed by atoms with E-state index in [-0.39, 0.29) is 32.8 Å². The SMILES string of the molecule is COC(=O)C(CC(CO)[Se]c1ccccc1)C(=O)OC. The predicted octanol–water partition coefficient (Wildman–Crippen LogP) is 0.149. The van der Waals surface area contributed by atoms with Crippen LogP contribution in [0.25, 0.3) is 0 Å².